The number of benzene rings is 1. The first-order valence-electron chi connectivity index (χ1n) is 5.93. The summed E-state index contributed by atoms with van der Waals surface area (Å²) in [7, 11) is 0. The molecular weight excluding hydrogens is 196 g/mol. The van der Waals surface area contributed by atoms with Crippen LogP contribution in [0.2, 0.25) is 0 Å². The fraction of sp³-hybridized carbons (Fsp3) is 0.357. The van der Waals surface area contributed by atoms with Gasteiger partial charge in [0, 0.05) is 5.39 Å². The second-order valence-electron chi connectivity index (χ2n) is 4.67. The van der Waals surface area contributed by atoms with Gasteiger partial charge in [0.15, 0.2) is 0 Å². The van der Waals surface area contributed by atoms with Crippen molar-refractivity contribution < 1.29 is 0 Å². The minimum Gasteiger partial charge on any atom is -0.383 e. The summed E-state index contributed by atoms with van der Waals surface area (Å²) >= 11 is 0. The predicted octanol–water partition coefficient (Wildman–Crippen LogP) is 3.00. The van der Waals surface area contributed by atoms with E-state index >= 15 is 0 Å². The average molecular weight is 212 g/mol. The minimum atomic E-state index is 0.673. The monoisotopic (exact) mass is 212 g/mol. The molecule has 1 heterocycles. The first-order valence-corrected chi connectivity index (χ1v) is 5.93. The number of rotatable bonds is 0. The van der Waals surface area contributed by atoms with Gasteiger partial charge in [-0.1, -0.05) is 12.1 Å². The highest BCUT2D eigenvalue weighted by Gasteiger charge is 2.13. The molecule has 3 rings (SSSR count). The Kier molecular flexibility index (Phi) is 2.10. The Labute approximate surface area is 95.5 Å². The Bertz CT molecular complexity index is 558. The number of hydrogen-bond acceptors (Lipinski definition) is 2. The summed E-state index contributed by atoms with van der Waals surface area (Å²) in [5, 5.41) is 1.23. The zero-order chi connectivity index (χ0) is 11.1. The number of nitrogens with zero attached hydrogens (tertiary/aromatic N) is 1. The zero-order valence-electron chi connectivity index (χ0n) is 9.59. The van der Waals surface area contributed by atoms with Gasteiger partial charge in [0.1, 0.15) is 5.82 Å². The molecule has 16 heavy (non-hydrogen) atoms. The van der Waals surface area contributed by atoms with Crippen molar-refractivity contribution in [1.82, 2.24) is 4.98 Å². The standard InChI is InChI=1S/C14H16N2/c1-9-8-11-7-6-10-4-2-3-5-12(10)13(11)16-14(9)15/h6-8H,2-5H2,1H3,(H2,15,16). The largest absolute Gasteiger partial charge is 0.383 e. The first-order chi connectivity index (χ1) is 7.75. The van der Waals surface area contributed by atoms with Crippen molar-refractivity contribution >= 4 is 16.7 Å². The summed E-state index contributed by atoms with van der Waals surface area (Å²) in [6, 6.07) is 6.58. The molecule has 0 saturated heterocycles. The van der Waals surface area contributed by atoms with E-state index in [0.717, 1.165) is 17.5 Å². The van der Waals surface area contributed by atoms with Crippen molar-refractivity contribution in [2.45, 2.75) is 32.6 Å². The van der Waals surface area contributed by atoms with E-state index in [4.69, 9.17) is 5.73 Å². The lowest BCUT2D eigenvalue weighted by atomic mass is 9.89. The molecule has 0 amide bonds. The van der Waals surface area contributed by atoms with Gasteiger partial charge in [0.2, 0.25) is 0 Å². The van der Waals surface area contributed by atoms with Gasteiger partial charge < -0.3 is 5.73 Å². The number of fused-ring (bicyclic) bond motifs is 3. The van der Waals surface area contributed by atoms with Crippen molar-refractivity contribution in [3.05, 3.63) is 34.9 Å². The van der Waals surface area contributed by atoms with E-state index in [0.29, 0.717) is 5.82 Å². The van der Waals surface area contributed by atoms with Crippen LogP contribution in [0, 0.1) is 6.92 Å². The van der Waals surface area contributed by atoms with Gasteiger partial charge in [-0.15, -0.1) is 0 Å². The number of hydrogen-bond donors (Lipinski definition) is 1. The van der Waals surface area contributed by atoms with Crippen LogP contribution in [0.15, 0.2) is 18.2 Å². The third-order valence-corrected chi connectivity index (χ3v) is 3.54. The number of pyridine rings is 1. The maximum absolute atomic E-state index is 5.91. The van der Waals surface area contributed by atoms with Crippen LogP contribution < -0.4 is 5.73 Å². The second kappa shape index (κ2) is 3.48. The van der Waals surface area contributed by atoms with Gasteiger partial charge in [-0.3, -0.25) is 0 Å². The van der Waals surface area contributed by atoms with Crippen molar-refractivity contribution in [1.29, 1.82) is 0 Å². The molecule has 82 valence electrons. The van der Waals surface area contributed by atoms with Gasteiger partial charge in [0.25, 0.3) is 0 Å². The van der Waals surface area contributed by atoms with Gasteiger partial charge in [-0.2, -0.15) is 0 Å². The molecule has 0 aliphatic heterocycles. The highest BCUT2D eigenvalue weighted by atomic mass is 14.8. The fourth-order valence-electron chi connectivity index (χ4n) is 2.59. The SMILES string of the molecule is Cc1cc2ccc3c(c2nc1N)CCCC3. The van der Waals surface area contributed by atoms with Crippen LogP contribution in [-0.2, 0) is 12.8 Å². The molecule has 0 radical (unpaired) electrons. The zero-order valence-corrected chi connectivity index (χ0v) is 9.59. The highest BCUT2D eigenvalue weighted by Crippen LogP contribution is 2.29. The summed E-state index contributed by atoms with van der Waals surface area (Å²) < 4.78 is 0. The van der Waals surface area contributed by atoms with Crippen LogP contribution >= 0.6 is 0 Å². The van der Waals surface area contributed by atoms with Crippen LogP contribution in [0.25, 0.3) is 10.9 Å². The Morgan fingerprint density at radius 1 is 1.19 bits per heavy atom. The van der Waals surface area contributed by atoms with E-state index in [-0.39, 0.29) is 0 Å². The van der Waals surface area contributed by atoms with Gasteiger partial charge in [0.05, 0.1) is 5.52 Å². The smallest absolute Gasteiger partial charge is 0.127 e. The topological polar surface area (TPSA) is 38.9 Å². The molecule has 0 spiro atoms. The molecule has 2 nitrogen and oxygen atoms in total. The number of nitrogens with two attached hydrogens (primary N) is 1. The van der Waals surface area contributed by atoms with Crippen molar-refractivity contribution in [2.75, 3.05) is 5.73 Å². The molecule has 0 bridgehead atoms. The van der Waals surface area contributed by atoms with E-state index in [1.54, 1.807) is 0 Å². The van der Waals surface area contributed by atoms with Gasteiger partial charge in [-0.05, 0) is 55.4 Å². The van der Waals surface area contributed by atoms with Gasteiger partial charge >= 0.3 is 0 Å². The minimum absolute atomic E-state index is 0.673. The fourth-order valence-corrected chi connectivity index (χ4v) is 2.59. The Morgan fingerprint density at radius 2 is 2.00 bits per heavy atom. The summed E-state index contributed by atoms with van der Waals surface area (Å²) in [6.45, 7) is 2.02. The van der Waals surface area contributed by atoms with E-state index in [1.165, 1.54) is 35.8 Å². The third kappa shape index (κ3) is 1.37. The molecule has 2 N–H and O–H groups in total. The highest BCUT2D eigenvalue weighted by molar-refractivity contribution is 5.85. The van der Waals surface area contributed by atoms with E-state index in [2.05, 4.69) is 23.2 Å². The van der Waals surface area contributed by atoms with Crippen LogP contribution in [0.5, 0.6) is 0 Å². The van der Waals surface area contributed by atoms with Crippen LogP contribution in [0.1, 0.15) is 29.5 Å². The molecule has 0 fully saturated rings. The first kappa shape index (κ1) is 9.64. The molecule has 2 aromatic rings. The number of aryl methyl sites for hydroxylation is 3. The van der Waals surface area contributed by atoms with Crippen LogP contribution in [0.4, 0.5) is 5.82 Å². The number of anilines is 1. The lowest BCUT2D eigenvalue weighted by Crippen LogP contribution is -2.05. The molecule has 0 unspecified atom stereocenters. The molecule has 2 heteroatoms. The lowest BCUT2D eigenvalue weighted by Gasteiger charge is -2.17. The van der Waals surface area contributed by atoms with E-state index in [9.17, 15) is 0 Å². The normalized spacial score (nSPS) is 15.1. The summed E-state index contributed by atoms with van der Waals surface area (Å²) in [5.41, 5.74) is 11.0. The molecule has 1 aliphatic rings. The van der Waals surface area contributed by atoms with E-state index in [1.807, 2.05) is 6.92 Å². The molecule has 1 aliphatic carbocycles. The quantitative estimate of drug-likeness (QED) is 0.729. The number of nitrogen functional groups attached to an aromatic ring is 1. The molecule has 0 saturated carbocycles. The molecular formula is C14H16N2. The average Bonchev–Trinajstić information content (AvgIpc) is 2.31. The summed E-state index contributed by atoms with van der Waals surface area (Å²) in [4.78, 5) is 4.57. The maximum Gasteiger partial charge on any atom is 0.127 e. The Morgan fingerprint density at radius 3 is 2.88 bits per heavy atom. The number of aromatic nitrogens is 1. The summed E-state index contributed by atoms with van der Waals surface area (Å²) in [6.07, 6.45) is 4.93. The Hall–Kier alpha value is -1.57. The van der Waals surface area contributed by atoms with Crippen molar-refractivity contribution in [3.63, 3.8) is 0 Å². The molecule has 1 aromatic carbocycles. The maximum atomic E-state index is 5.91. The van der Waals surface area contributed by atoms with E-state index < -0.39 is 0 Å². The van der Waals surface area contributed by atoms with Crippen LogP contribution in [0.3, 0.4) is 0 Å². The molecule has 1 aromatic heterocycles. The van der Waals surface area contributed by atoms with Crippen LogP contribution in [-0.4, -0.2) is 4.98 Å². The lowest BCUT2D eigenvalue weighted by molar-refractivity contribution is 0.689. The van der Waals surface area contributed by atoms with Crippen molar-refractivity contribution in [3.8, 4) is 0 Å². The Balaban J connectivity index is 2.34. The van der Waals surface area contributed by atoms with Crippen molar-refractivity contribution in [2.24, 2.45) is 0 Å². The third-order valence-electron chi connectivity index (χ3n) is 3.54. The van der Waals surface area contributed by atoms with Gasteiger partial charge in [-0.25, -0.2) is 4.98 Å². The summed E-state index contributed by atoms with van der Waals surface area (Å²) in [5.74, 6) is 0.673. The molecule has 0 atom stereocenters. The predicted molar refractivity (Wildman–Crippen MR) is 67.5 cm³/mol. The second-order valence-corrected chi connectivity index (χ2v) is 4.67.